The number of fused-ring (bicyclic) bond motifs is 3. The van der Waals surface area contributed by atoms with Crippen LogP contribution in [0, 0.1) is 0 Å². The van der Waals surface area contributed by atoms with Crippen molar-refractivity contribution in [3.63, 3.8) is 0 Å². The molecule has 0 spiro atoms. The maximum absolute atomic E-state index is 11.5. The molecule has 1 aliphatic rings. The molecule has 0 aliphatic heterocycles. The molecule has 0 fully saturated rings. The van der Waals surface area contributed by atoms with Gasteiger partial charge in [-0.05, 0) is 107 Å². The Morgan fingerprint density at radius 3 is 2.06 bits per heavy atom. The van der Waals surface area contributed by atoms with E-state index in [9.17, 15) is 5.11 Å². The molecular formula is C30H32Cl3NO. The molecule has 0 bridgehead atoms. The molecule has 2 nitrogen and oxygen atoms in total. The smallest absolute Gasteiger partial charge is 0.0923 e. The lowest BCUT2D eigenvalue weighted by Gasteiger charge is -2.26. The van der Waals surface area contributed by atoms with E-state index in [2.05, 4.69) is 30.9 Å². The summed E-state index contributed by atoms with van der Waals surface area (Å²) in [5.41, 5.74) is 7.14. The molecule has 0 amide bonds. The van der Waals surface area contributed by atoms with E-state index >= 15 is 0 Å². The number of hydrogen-bond donors (Lipinski definition) is 1. The van der Waals surface area contributed by atoms with Crippen LogP contribution >= 0.6 is 34.8 Å². The Bertz CT molecular complexity index is 1190. The third-order valence-electron chi connectivity index (χ3n) is 6.59. The highest BCUT2D eigenvalue weighted by Crippen LogP contribution is 2.50. The Kier molecular flexibility index (Phi) is 8.97. The van der Waals surface area contributed by atoms with Crippen LogP contribution in [0.5, 0.6) is 0 Å². The topological polar surface area (TPSA) is 23.5 Å². The number of hydrogen-bond acceptors (Lipinski definition) is 2. The van der Waals surface area contributed by atoms with E-state index < -0.39 is 6.10 Å². The number of benzene rings is 3. The minimum atomic E-state index is -0.644. The van der Waals surface area contributed by atoms with E-state index in [1.807, 2.05) is 48.5 Å². The second-order valence-electron chi connectivity index (χ2n) is 9.24. The van der Waals surface area contributed by atoms with Crippen LogP contribution in [0.1, 0.15) is 67.9 Å². The summed E-state index contributed by atoms with van der Waals surface area (Å²) in [6.07, 6.45) is 6.02. The summed E-state index contributed by atoms with van der Waals surface area (Å²) in [5.74, 6) is 0. The van der Waals surface area contributed by atoms with Crippen molar-refractivity contribution in [2.24, 2.45) is 0 Å². The summed E-state index contributed by atoms with van der Waals surface area (Å²) < 4.78 is 0. The van der Waals surface area contributed by atoms with Crippen LogP contribution in [-0.2, 0) is 0 Å². The first-order valence-corrected chi connectivity index (χ1v) is 13.6. The molecule has 3 aromatic rings. The molecule has 5 heteroatoms. The summed E-state index contributed by atoms with van der Waals surface area (Å²) in [5, 5.41) is 13.5. The fourth-order valence-electron chi connectivity index (χ4n) is 4.79. The van der Waals surface area contributed by atoms with Crippen molar-refractivity contribution in [1.82, 2.24) is 4.90 Å². The van der Waals surface area contributed by atoms with Crippen molar-refractivity contribution in [1.29, 1.82) is 0 Å². The summed E-state index contributed by atoms with van der Waals surface area (Å²) in [6.45, 7) is 6.98. The zero-order chi connectivity index (χ0) is 24.9. The average molecular weight is 529 g/mol. The Morgan fingerprint density at radius 2 is 1.40 bits per heavy atom. The molecule has 0 saturated heterocycles. The van der Waals surface area contributed by atoms with Crippen LogP contribution in [0.15, 0.2) is 54.6 Å². The Morgan fingerprint density at radius 1 is 0.771 bits per heavy atom. The number of nitrogens with zero attached hydrogens (tertiary/aromatic N) is 1. The van der Waals surface area contributed by atoms with Gasteiger partial charge in [0, 0.05) is 21.6 Å². The molecule has 0 saturated carbocycles. The molecule has 35 heavy (non-hydrogen) atoms. The maximum atomic E-state index is 11.5. The third-order valence-corrected chi connectivity index (χ3v) is 7.30. The van der Waals surface area contributed by atoms with Gasteiger partial charge in [0.1, 0.15) is 0 Å². The summed E-state index contributed by atoms with van der Waals surface area (Å²) in [4.78, 5) is 2.38. The normalized spacial score (nSPS) is 14.4. The largest absolute Gasteiger partial charge is 0.387 e. The van der Waals surface area contributed by atoms with Crippen LogP contribution in [-0.4, -0.2) is 29.6 Å². The Hall–Kier alpha value is -1.81. The van der Waals surface area contributed by atoms with Gasteiger partial charge < -0.3 is 10.0 Å². The Balaban J connectivity index is 1.79. The first-order chi connectivity index (χ1) is 16.9. The number of aliphatic hydroxyl groups excluding tert-OH is 1. The molecular weight excluding hydrogens is 497 g/mol. The van der Waals surface area contributed by atoms with E-state index in [1.165, 1.54) is 0 Å². The van der Waals surface area contributed by atoms with Crippen LogP contribution in [0.2, 0.25) is 15.1 Å². The van der Waals surface area contributed by atoms with Crippen molar-refractivity contribution in [3.05, 3.63) is 91.9 Å². The quantitative estimate of drug-likeness (QED) is 0.222. The maximum Gasteiger partial charge on any atom is 0.0923 e. The average Bonchev–Trinajstić information content (AvgIpc) is 3.13. The van der Waals surface area contributed by atoms with Gasteiger partial charge in [-0.2, -0.15) is 0 Å². The zero-order valence-electron chi connectivity index (χ0n) is 20.3. The molecule has 0 heterocycles. The monoisotopic (exact) mass is 527 g/mol. The lowest BCUT2D eigenvalue weighted by atomic mass is 9.94. The van der Waals surface area contributed by atoms with Gasteiger partial charge in [0.2, 0.25) is 0 Å². The van der Waals surface area contributed by atoms with Crippen LogP contribution in [0.25, 0.3) is 22.8 Å². The van der Waals surface area contributed by atoms with Crippen molar-refractivity contribution in [2.75, 3.05) is 19.6 Å². The molecule has 3 aromatic carbocycles. The molecule has 1 atom stereocenters. The molecule has 1 N–H and O–H groups in total. The predicted molar refractivity (Wildman–Crippen MR) is 152 cm³/mol. The fraction of sp³-hybridized carbons (Fsp3) is 0.333. The van der Waals surface area contributed by atoms with E-state index in [0.717, 1.165) is 77.7 Å². The van der Waals surface area contributed by atoms with E-state index in [4.69, 9.17) is 34.8 Å². The molecule has 4 rings (SSSR count). The highest BCUT2D eigenvalue weighted by molar-refractivity contribution is 6.32. The van der Waals surface area contributed by atoms with Gasteiger partial charge in [-0.25, -0.2) is 0 Å². The summed E-state index contributed by atoms with van der Waals surface area (Å²) in [6, 6.07) is 17.6. The van der Waals surface area contributed by atoms with E-state index in [0.29, 0.717) is 21.6 Å². The molecule has 1 aliphatic carbocycles. The second kappa shape index (κ2) is 12.0. The minimum Gasteiger partial charge on any atom is -0.387 e. The van der Waals surface area contributed by atoms with Crippen molar-refractivity contribution >= 4 is 46.5 Å². The number of rotatable bonds is 10. The summed E-state index contributed by atoms with van der Waals surface area (Å²) in [7, 11) is 0. The van der Waals surface area contributed by atoms with Gasteiger partial charge >= 0.3 is 0 Å². The fourth-order valence-corrected chi connectivity index (χ4v) is 5.31. The lowest BCUT2D eigenvalue weighted by Crippen LogP contribution is -2.31. The van der Waals surface area contributed by atoms with Crippen molar-refractivity contribution in [3.8, 4) is 11.1 Å². The Labute approximate surface area is 224 Å². The molecule has 184 valence electrons. The first-order valence-electron chi connectivity index (χ1n) is 12.4. The van der Waals surface area contributed by atoms with Gasteiger partial charge in [-0.15, -0.1) is 0 Å². The van der Waals surface area contributed by atoms with E-state index in [1.54, 1.807) is 0 Å². The zero-order valence-corrected chi connectivity index (χ0v) is 22.6. The SMILES string of the molecule is CCCCN(CCCC)C[C@@H](O)c1cc(Cl)cc2c1-c1ccc(Cl)cc1/C2=C/c1ccc(Cl)cc1. The number of halogens is 3. The third kappa shape index (κ3) is 6.13. The number of unbranched alkanes of at least 4 members (excludes halogenated alkanes) is 2. The minimum absolute atomic E-state index is 0.589. The van der Waals surface area contributed by atoms with Crippen LogP contribution in [0.3, 0.4) is 0 Å². The predicted octanol–water partition coefficient (Wildman–Crippen LogP) is 9.15. The lowest BCUT2D eigenvalue weighted by molar-refractivity contribution is 0.111. The molecule has 0 unspecified atom stereocenters. The first kappa shape index (κ1) is 26.3. The van der Waals surface area contributed by atoms with Gasteiger partial charge in [0.05, 0.1) is 6.10 Å². The molecule has 0 aromatic heterocycles. The van der Waals surface area contributed by atoms with Gasteiger partial charge in [-0.1, -0.05) is 79.7 Å². The van der Waals surface area contributed by atoms with Crippen molar-refractivity contribution < 1.29 is 5.11 Å². The van der Waals surface area contributed by atoms with Gasteiger partial charge in [0.15, 0.2) is 0 Å². The van der Waals surface area contributed by atoms with Gasteiger partial charge in [0.25, 0.3) is 0 Å². The highest BCUT2D eigenvalue weighted by Gasteiger charge is 2.29. The second-order valence-corrected chi connectivity index (χ2v) is 10.5. The summed E-state index contributed by atoms with van der Waals surface area (Å²) >= 11 is 19.2. The molecule has 0 radical (unpaired) electrons. The highest BCUT2D eigenvalue weighted by atomic mass is 35.5. The standard InChI is InChI=1S/C30H32Cl3NO/c1-3-5-13-34(14-6-4-2)19-29(35)28-18-23(33)17-27-25(15-20-7-9-21(31)10-8-20)26-16-22(32)11-12-24(26)30(27)28/h7-12,15-18,29,35H,3-6,13-14,19H2,1-2H3/b25-15-/t29-/m1/s1. The van der Waals surface area contributed by atoms with Crippen LogP contribution in [0.4, 0.5) is 0 Å². The van der Waals surface area contributed by atoms with Gasteiger partial charge in [-0.3, -0.25) is 0 Å². The van der Waals surface area contributed by atoms with Crippen molar-refractivity contribution in [2.45, 2.75) is 45.6 Å². The van der Waals surface area contributed by atoms with E-state index in [-0.39, 0.29) is 0 Å². The van der Waals surface area contributed by atoms with Crippen LogP contribution < -0.4 is 0 Å². The number of aliphatic hydroxyl groups is 1.